The molecule has 0 bridgehead atoms. The summed E-state index contributed by atoms with van der Waals surface area (Å²) in [6.07, 6.45) is 0.241. The van der Waals surface area contributed by atoms with Crippen molar-refractivity contribution in [3.8, 4) is 0 Å². The van der Waals surface area contributed by atoms with Crippen molar-refractivity contribution in [3.05, 3.63) is 33.8 Å². The van der Waals surface area contributed by atoms with E-state index in [2.05, 4.69) is 4.74 Å². The standard InChI is InChI=1S/C11H13Cl2NO2/c1-16-11(15)5-8(6-14)7-2-3-9(12)10(13)4-7/h2-4,8H,5-6,14H2,1H3/t8-/m1/s1. The summed E-state index contributed by atoms with van der Waals surface area (Å²) in [5.74, 6) is -0.385. The summed E-state index contributed by atoms with van der Waals surface area (Å²) < 4.78 is 4.60. The van der Waals surface area contributed by atoms with E-state index in [1.54, 1.807) is 12.1 Å². The van der Waals surface area contributed by atoms with Crippen molar-refractivity contribution >= 4 is 29.2 Å². The minimum Gasteiger partial charge on any atom is -0.469 e. The maximum atomic E-state index is 11.2. The van der Waals surface area contributed by atoms with Crippen LogP contribution in [-0.2, 0) is 9.53 Å². The van der Waals surface area contributed by atoms with E-state index in [9.17, 15) is 4.79 Å². The van der Waals surface area contributed by atoms with Crippen molar-refractivity contribution in [3.63, 3.8) is 0 Å². The number of carbonyl (C=O) groups is 1. The van der Waals surface area contributed by atoms with Crippen molar-refractivity contribution in [1.29, 1.82) is 0 Å². The van der Waals surface area contributed by atoms with Gasteiger partial charge in [0.05, 0.1) is 23.6 Å². The van der Waals surface area contributed by atoms with Gasteiger partial charge in [-0.05, 0) is 24.2 Å². The van der Waals surface area contributed by atoms with E-state index in [4.69, 9.17) is 28.9 Å². The smallest absolute Gasteiger partial charge is 0.306 e. The summed E-state index contributed by atoms with van der Waals surface area (Å²) in [6.45, 7) is 0.354. The topological polar surface area (TPSA) is 52.3 Å². The lowest BCUT2D eigenvalue weighted by Gasteiger charge is -2.14. The molecule has 5 heteroatoms. The first-order valence-corrected chi connectivity index (χ1v) is 5.56. The maximum Gasteiger partial charge on any atom is 0.306 e. The number of hydrogen-bond donors (Lipinski definition) is 1. The quantitative estimate of drug-likeness (QED) is 0.848. The van der Waals surface area contributed by atoms with Crippen LogP contribution in [0.5, 0.6) is 0 Å². The van der Waals surface area contributed by atoms with Gasteiger partial charge in [-0.25, -0.2) is 0 Å². The molecular formula is C11H13Cl2NO2. The zero-order valence-corrected chi connectivity index (χ0v) is 10.4. The molecule has 16 heavy (non-hydrogen) atoms. The SMILES string of the molecule is COC(=O)C[C@H](CN)c1ccc(Cl)c(Cl)c1. The van der Waals surface area contributed by atoms with Gasteiger partial charge in [0.2, 0.25) is 0 Å². The number of esters is 1. The van der Waals surface area contributed by atoms with Crippen molar-refractivity contribution in [2.75, 3.05) is 13.7 Å². The van der Waals surface area contributed by atoms with Crippen LogP contribution in [-0.4, -0.2) is 19.6 Å². The van der Waals surface area contributed by atoms with Crippen LogP contribution in [0.2, 0.25) is 10.0 Å². The van der Waals surface area contributed by atoms with Crippen molar-refractivity contribution in [2.24, 2.45) is 5.73 Å². The van der Waals surface area contributed by atoms with E-state index in [0.717, 1.165) is 5.56 Å². The number of nitrogens with two attached hydrogens (primary N) is 1. The highest BCUT2D eigenvalue weighted by atomic mass is 35.5. The van der Waals surface area contributed by atoms with Gasteiger partial charge in [0.25, 0.3) is 0 Å². The molecule has 0 amide bonds. The van der Waals surface area contributed by atoms with Gasteiger partial charge in [-0.15, -0.1) is 0 Å². The van der Waals surface area contributed by atoms with Gasteiger partial charge in [0, 0.05) is 5.92 Å². The summed E-state index contributed by atoms with van der Waals surface area (Å²) in [5, 5.41) is 0.946. The Labute approximate surface area is 104 Å². The van der Waals surface area contributed by atoms with Crippen molar-refractivity contribution in [2.45, 2.75) is 12.3 Å². The molecule has 0 fully saturated rings. The molecule has 1 rings (SSSR count). The van der Waals surface area contributed by atoms with E-state index in [0.29, 0.717) is 16.6 Å². The third-order valence-corrected chi connectivity index (χ3v) is 3.08. The highest BCUT2D eigenvalue weighted by molar-refractivity contribution is 6.42. The molecule has 0 saturated carbocycles. The van der Waals surface area contributed by atoms with Gasteiger partial charge in [0.15, 0.2) is 0 Å². The number of rotatable bonds is 4. The molecule has 0 radical (unpaired) electrons. The van der Waals surface area contributed by atoms with Gasteiger partial charge in [0.1, 0.15) is 0 Å². The fourth-order valence-corrected chi connectivity index (χ4v) is 1.69. The highest BCUT2D eigenvalue weighted by Gasteiger charge is 2.15. The Morgan fingerprint density at radius 2 is 2.12 bits per heavy atom. The average molecular weight is 262 g/mol. The Balaban J connectivity index is 2.86. The van der Waals surface area contributed by atoms with Gasteiger partial charge in [-0.3, -0.25) is 4.79 Å². The maximum absolute atomic E-state index is 11.2. The van der Waals surface area contributed by atoms with Gasteiger partial charge in [-0.2, -0.15) is 0 Å². The first-order chi connectivity index (χ1) is 7.58. The van der Waals surface area contributed by atoms with Gasteiger partial charge < -0.3 is 10.5 Å². The second kappa shape index (κ2) is 6.09. The third kappa shape index (κ3) is 3.37. The molecule has 0 aliphatic heterocycles. The first kappa shape index (κ1) is 13.3. The molecule has 0 aliphatic rings. The fourth-order valence-electron chi connectivity index (χ4n) is 1.39. The lowest BCUT2D eigenvalue weighted by atomic mass is 9.96. The molecule has 0 heterocycles. The van der Waals surface area contributed by atoms with Crippen LogP contribution in [0.4, 0.5) is 0 Å². The molecule has 0 unspecified atom stereocenters. The summed E-state index contributed by atoms with van der Waals surface area (Å²) in [6, 6.07) is 5.23. The van der Waals surface area contributed by atoms with E-state index >= 15 is 0 Å². The molecule has 0 spiro atoms. The summed E-state index contributed by atoms with van der Waals surface area (Å²) in [4.78, 5) is 11.2. The Kier molecular flexibility index (Phi) is 5.06. The fraction of sp³-hybridized carbons (Fsp3) is 0.364. The van der Waals surface area contributed by atoms with E-state index < -0.39 is 0 Å². The van der Waals surface area contributed by atoms with E-state index in [1.165, 1.54) is 7.11 Å². The second-order valence-corrected chi connectivity index (χ2v) is 4.20. The predicted molar refractivity (Wildman–Crippen MR) is 64.9 cm³/mol. The molecule has 1 atom stereocenters. The zero-order chi connectivity index (χ0) is 12.1. The summed E-state index contributed by atoms with van der Waals surface area (Å²) in [7, 11) is 1.35. The van der Waals surface area contributed by atoms with Crippen LogP contribution >= 0.6 is 23.2 Å². The van der Waals surface area contributed by atoms with Crippen LogP contribution in [0.15, 0.2) is 18.2 Å². The number of hydrogen-bond acceptors (Lipinski definition) is 3. The number of halogens is 2. The van der Waals surface area contributed by atoms with Gasteiger partial charge in [-0.1, -0.05) is 29.3 Å². The lowest BCUT2D eigenvalue weighted by Crippen LogP contribution is -2.17. The third-order valence-electron chi connectivity index (χ3n) is 2.34. The van der Waals surface area contributed by atoms with Crippen molar-refractivity contribution in [1.82, 2.24) is 0 Å². The minimum atomic E-state index is -0.290. The van der Waals surface area contributed by atoms with Crippen LogP contribution in [0.25, 0.3) is 0 Å². The van der Waals surface area contributed by atoms with Crippen LogP contribution in [0.1, 0.15) is 17.9 Å². The minimum absolute atomic E-state index is 0.0952. The van der Waals surface area contributed by atoms with Gasteiger partial charge >= 0.3 is 5.97 Å². The molecule has 0 aliphatic carbocycles. The summed E-state index contributed by atoms with van der Waals surface area (Å²) in [5.41, 5.74) is 6.50. The number of methoxy groups -OCH3 is 1. The largest absolute Gasteiger partial charge is 0.469 e. The molecule has 0 saturated heterocycles. The highest BCUT2D eigenvalue weighted by Crippen LogP contribution is 2.27. The Hall–Kier alpha value is -0.770. The predicted octanol–water partition coefficient (Wildman–Crippen LogP) is 2.60. The van der Waals surface area contributed by atoms with E-state index in [1.807, 2.05) is 6.07 Å². The van der Waals surface area contributed by atoms with E-state index in [-0.39, 0.29) is 18.3 Å². The zero-order valence-electron chi connectivity index (χ0n) is 8.87. The Bertz CT molecular complexity index is 382. The molecule has 0 aromatic heterocycles. The van der Waals surface area contributed by atoms with Crippen molar-refractivity contribution < 1.29 is 9.53 Å². The number of ether oxygens (including phenoxy) is 1. The molecule has 2 N–H and O–H groups in total. The lowest BCUT2D eigenvalue weighted by molar-refractivity contribution is -0.141. The molecule has 1 aromatic rings. The summed E-state index contributed by atoms with van der Waals surface area (Å²) >= 11 is 11.7. The number of benzene rings is 1. The normalized spacial score (nSPS) is 12.2. The molecule has 3 nitrogen and oxygen atoms in total. The first-order valence-electron chi connectivity index (χ1n) is 4.80. The van der Waals surface area contributed by atoms with Crippen LogP contribution in [0.3, 0.4) is 0 Å². The van der Waals surface area contributed by atoms with Crippen LogP contribution < -0.4 is 5.73 Å². The number of carbonyl (C=O) groups excluding carboxylic acids is 1. The average Bonchev–Trinajstić information content (AvgIpc) is 2.29. The molecule has 1 aromatic carbocycles. The monoisotopic (exact) mass is 261 g/mol. The van der Waals surface area contributed by atoms with Crippen LogP contribution in [0, 0.1) is 0 Å². The molecule has 88 valence electrons. The Morgan fingerprint density at radius 3 is 2.62 bits per heavy atom. The Morgan fingerprint density at radius 1 is 1.44 bits per heavy atom. The second-order valence-electron chi connectivity index (χ2n) is 3.39. The molecular weight excluding hydrogens is 249 g/mol.